The quantitative estimate of drug-likeness (QED) is 0.269. The van der Waals surface area contributed by atoms with Gasteiger partial charge in [-0.2, -0.15) is 10.4 Å². The lowest BCUT2D eigenvalue weighted by Crippen LogP contribution is -2.40. The fraction of sp³-hybridized carbons (Fsp3) is 0.387. The molecule has 0 aliphatic carbocycles. The normalized spacial score (nSPS) is 15.1. The van der Waals surface area contributed by atoms with Gasteiger partial charge in [-0.3, -0.25) is 9.78 Å². The molecule has 1 fully saturated rings. The first-order chi connectivity index (χ1) is 19.4. The number of carbonyl (C=O) groups is 1. The number of ether oxygens (including phenoxy) is 1. The molecule has 1 aliphatic heterocycles. The Balaban J connectivity index is 1.32. The second-order valence-corrected chi connectivity index (χ2v) is 12.2. The number of anilines is 1. The lowest BCUT2D eigenvalue weighted by Gasteiger charge is -2.39. The van der Waals surface area contributed by atoms with E-state index in [9.17, 15) is 15.2 Å². The highest BCUT2D eigenvalue weighted by molar-refractivity contribution is 6.33. The molecule has 0 unspecified atom stereocenters. The smallest absolute Gasteiger partial charge is 0.165 e. The van der Waals surface area contributed by atoms with Gasteiger partial charge in [-0.1, -0.05) is 18.5 Å². The fourth-order valence-corrected chi connectivity index (χ4v) is 5.37. The van der Waals surface area contributed by atoms with Gasteiger partial charge < -0.3 is 14.7 Å². The highest BCUT2D eigenvalue weighted by Gasteiger charge is 2.33. The van der Waals surface area contributed by atoms with Gasteiger partial charge in [0.15, 0.2) is 5.78 Å². The van der Waals surface area contributed by atoms with E-state index >= 15 is 0 Å². The first-order valence-corrected chi connectivity index (χ1v) is 14.0. The minimum atomic E-state index is -0.997. The van der Waals surface area contributed by atoms with Gasteiger partial charge in [0.25, 0.3) is 0 Å². The average Bonchev–Trinajstić information content (AvgIpc) is 3.36. The minimum Gasteiger partial charge on any atom is -0.489 e. The highest BCUT2D eigenvalue weighted by atomic mass is 35.5. The van der Waals surface area contributed by atoms with E-state index < -0.39 is 5.60 Å². The maximum atomic E-state index is 13.1. The lowest BCUT2D eigenvalue weighted by atomic mass is 9.75. The van der Waals surface area contributed by atoms with Crippen LogP contribution in [-0.4, -0.2) is 55.8 Å². The third-order valence-corrected chi connectivity index (χ3v) is 7.83. The molecular weight excluding hydrogens is 540 g/mol. The lowest BCUT2D eigenvalue weighted by molar-refractivity contribution is 0.0283. The number of rotatable bonds is 8. The summed E-state index contributed by atoms with van der Waals surface area (Å²) in [6, 6.07) is 9.78. The van der Waals surface area contributed by atoms with Crippen molar-refractivity contribution in [3.8, 4) is 22.9 Å². The van der Waals surface area contributed by atoms with E-state index in [2.05, 4.69) is 28.0 Å². The molecule has 0 saturated carbocycles. The predicted molar refractivity (Wildman–Crippen MR) is 157 cm³/mol. The van der Waals surface area contributed by atoms with Crippen molar-refractivity contribution >= 4 is 28.7 Å². The molecule has 4 aromatic rings. The molecule has 0 amide bonds. The molecule has 0 atom stereocenters. The number of ketones is 1. The summed E-state index contributed by atoms with van der Waals surface area (Å²) in [4.78, 5) is 24.2. The van der Waals surface area contributed by atoms with Crippen LogP contribution in [0.1, 0.15) is 61.6 Å². The van der Waals surface area contributed by atoms with Crippen LogP contribution in [0, 0.1) is 23.7 Å². The summed E-state index contributed by atoms with van der Waals surface area (Å²) in [5, 5.41) is 24.5. The first kappa shape index (κ1) is 28.5. The molecule has 0 radical (unpaired) electrons. The Morgan fingerprint density at radius 2 is 1.95 bits per heavy atom. The Labute approximate surface area is 244 Å². The molecule has 4 aromatic heterocycles. The average molecular weight is 573 g/mol. The van der Waals surface area contributed by atoms with Gasteiger partial charge in [-0.05, 0) is 63.3 Å². The Bertz CT molecular complexity index is 1630. The minimum absolute atomic E-state index is 0.0515. The fourth-order valence-electron chi connectivity index (χ4n) is 5.16. The van der Waals surface area contributed by atoms with Crippen LogP contribution in [0.25, 0.3) is 16.6 Å². The van der Waals surface area contributed by atoms with E-state index in [-0.39, 0.29) is 17.8 Å². The largest absolute Gasteiger partial charge is 0.489 e. The second kappa shape index (κ2) is 11.1. The maximum Gasteiger partial charge on any atom is 0.165 e. The Hall–Kier alpha value is -4.00. The molecule has 212 valence electrons. The molecule has 1 saturated heterocycles. The number of pyridine rings is 3. The molecule has 0 bridgehead atoms. The van der Waals surface area contributed by atoms with Crippen molar-refractivity contribution in [3.05, 3.63) is 70.9 Å². The van der Waals surface area contributed by atoms with E-state index in [1.807, 2.05) is 25.1 Å². The molecule has 9 nitrogen and oxygen atoms in total. The van der Waals surface area contributed by atoms with Gasteiger partial charge >= 0.3 is 0 Å². The number of nitriles is 1. The molecule has 41 heavy (non-hydrogen) atoms. The monoisotopic (exact) mass is 572 g/mol. The van der Waals surface area contributed by atoms with Crippen molar-refractivity contribution in [2.24, 2.45) is 5.41 Å². The summed E-state index contributed by atoms with van der Waals surface area (Å²) in [5.74, 6) is 1.43. The molecule has 10 heteroatoms. The van der Waals surface area contributed by atoms with Crippen LogP contribution < -0.4 is 9.64 Å². The van der Waals surface area contributed by atoms with Crippen LogP contribution in [0.2, 0.25) is 5.02 Å². The number of aromatic nitrogens is 4. The van der Waals surface area contributed by atoms with Crippen LogP contribution in [0.3, 0.4) is 0 Å². The van der Waals surface area contributed by atoms with Gasteiger partial charge in [0.2, 0.25) is 0 Å². The van der Waals surface area contributed by atoms with E-state index in [0.29, 0.717) is 33.8 Å². The maximum absolute atomic E-state index is 13.1. The van der Waals surface area contributed by atoms with E-state index in [4.69, 9.17) is 21.3 Å². The summed E-state index contributed by atoms with van der Waals surface area (Å²) in [6.07, 6.45) is 8.71. The Morgan fingerprint density at radius 3 is 2.61 bits per heavy atom. The van der Waals surface area contributed by atoms with Gasteiger partial charge in [0, 0.05) is 54.3 Å². The van der Waals surface area contributed by atoms with Gasteiger partial charge in [0.05, 0.1) is 34.1 Å². The van der Waals surface area contributed by atoms with Crippen molar-refractivity contribution in [2.75, 3.05) is 24.6 Å². The summed E-state index contributed by atoms with van der Waals surface area (Å²) < 4.78 is 7.45. The number of carbonyl (C=O) groups excluding carboxylic acids is 1. The summed E-state index contributed by atoms with van der Waals surface area (Å²) >= 11 is 6.26. The zero-order valence-electron chi connectivity index (χ0n) is 23.7. The number of halogens is 1. The molecule has 0 spiro atoms. The zero-order valence-corrected chi connectivity index (χ0v) is 24.4. The number of hydrogen-bond donors (Lipinski definition) is 1. The summed E-state index contributed by atoms with van der Waals surface area (Å²) in [7, 11) is 0. The number of aryl methyl sites for hydroxylation is 1. The van der Waals surface area contributed by atoms with Crippen molar-refractivity contribution in [2.45, 2.75) is 52.6 Å². The van der Waals surface area contributed by atoms with Crippen LogP contribution in [-0.2, 0) is 0 Å². The van der Waals surface area contributed by atoms with E-state index in [0.717, 1.165) is 48.6 Å². The third kappa shape index (κ3) is 6.34. The molecular formula is C31H33ClN6O3. The Morgan fingerprint density at radius 1 is 1.20 bits per heavy atom. The topological polar surface area (TPSA) is 117 Å². The number of aliphatic hydroxyl groups is 1. The van der Waals surface area contributed by atoms with E-state index in [1.165, 1.54) is 6.20 Å². The Kier molecular flexibility index (Phi) is 7.73. The molecule has 1 N–H and O–H groups in total. The van der Waals surface area contributed by atoms with Gasteiger partial charge in [-0.25, -0.2) is 9.50 Å². The van der Waals surface area contributed by atoms with Crippen LogP contribution in [0.5, 0.6) is 5.75 Å². The highest BCUT2D eigenvalue weighted by Crippen LogP contribution is 2.38. The third-order valence-electron chi connectivity index (χ3n) is 7.53. The number of fused-ring (bicyclic) bond motifs is 1. The number of nitrogens with zero attached hydrogens (tertiary/aromatic N) is 6. The molecule has 5 heterocycles. The number of Topliss-reactive ketones (excluding diaryl/α,β-unsaturated/α-hetero) is 1. The number of hydrogen-bond acceptors (Lipinski definition) is 8. The van der Waals surface area contributed by atoms with Crippen molar-refractivity contribution in [1.29, 1.82) is 5.26 Å². The standard InChI is InChI=1S/C31H33ClN6O3/c1-20-11-25(26(32)17-34-20)27(39)13-31(4)7-9-37(10-8-31)28-6-5-21(15-35-28)24-12-23(41-19-30(2,3)40)18-38-29(24)22(14-33)16-36-38/h5-6,11-12,15-18,40H,7-10,13,19H2,1-4H3. The van der Waals surface area contributed by atoms with Gasteiger partial charge in [0.1, 0.15) is 24.2 Å². The van der Waals surface area contributed by atoms with Crippen molar-refractivity contribution < 1.29 is 14.6 Å². The molecule has 0 aromatic carbocycles. The van der Waals surface area contributed by atoms with Crippen molar-refractivity contribution in [1.82, 2.24) is 19.6 Å². The molecule has 5 rings (SSSR count). The molecule has 1 aliphatic rings. The van der Waals surface area contributed by atoms with Crippen LogP contribution in [0.15, 0.2) is 49.1 Å². The van der Waals surface area contributed by atoms with Crippen LogP contribution in [0.4, 0.5) is 5.82 Å². The van der Waals surface area contributed by atoms with E-state index in [1.54, 1.807) is 43.0 Å². The summed E-state index contributed by atoms with van der Waals surface area (Å²) in [5.41, 5.74) is 2.90. The second-order valence-electron chi connectivity index (χ2n) is 11.8. The van der Waals surface area contributed by atoms with Crippen molar-refractivity contribution in [3.63, 3.8) is 0 Å². The zero-order chi connectivity index (χ0) is 29.4. The first-order valence-electron chi connectivity index (χ1n) is 13.6. The van der Waals surface area contributed by atoms with Gasteiger partial charge in [-0.15, -0.1) is 0 Å². The number of piperidine rings is 1. The SMILES string of the molecule is Cc1cc(C(=O)CC2(C)CCN(c3ccc(-c4cc(OCC(C)(C)O)cn5ncc(C#N)c45)cn3)CC2)c(Cl)cn1. The van der Waals surface area contributed by atoms with Crippen LogP contribution >= 0.6 is 11.6 Å². The predicted octanol–water partition coefficient (Wildman–Crippen LogP) is 5.65. The summed E-state index contributed by atoms with van der Waals surface area (Å²) in [6.45, 7) is 9.04.